The van der Waals surface area contributed by atoms with Crippen molar-refractivity contribution in [3.8, 4) is 0 Å². The molecule has 4 heteroatoms. The molecule has 0 spiro atoms. The SMILES string of the molecule is CCCCCC(=O)OCCOCCO. The van der Waals surface area contributed by atoms with Gasteiger partial charge in [-0.15, -0.1) is 0 Å². The molecule has 0 bridgehead atoms. The van der Waals surface area contributed by atoms with E-state index < -0.39 is 0 Å². The third-order valence-electron chi connectivity index (χ3n) is 1.71. The van der Waals surface area contributed by atoms with E-state index in [4.69, 9.17) is 14.6 Å². The highest BCUT2D eigenvalue weighted by Crippen LogP contribution is 2.00. The van der Waals surface area contributed by atoms with Crippen molar-refractivity contribution in [3.63, 3.8) is 0 Å². The van der Waals surface area contributed by atoms with Gasteiger partial charge in [0.1, 0.15) is 6.61 Å². The standard InChI is InChI=1S/C10H20O4/c1-2-3-4-5-10(12)14-9-8-13-7-6-11/h11H,2-9H2,1H3. The molecule has 0 saturated heterocycles. The summed E-state index contributed by atoms with van der Waals surface area (Å²) in [5.74, 6) is -0.161. The Kier molecular flexibility index (Phi) is 10.0. The molecule has 0 aromatic heterocycles. The number of hydrogen-bond acceptors (Lipinski definition) is 4. The molecule has 0 unspecified atom stereocenters. The molecule has 0 aliphatic heterocycles. The average Bonchev–Trinajstić information content (AvgIpc) is 2.18. The van der Waals surface area contributed by atoms with E-state index >= 15 is 0 Å². The smallest absolute Gasteiger partial charge is 0.305 e. The zero-order chi connectivity index (χ0) is 10.6. The van der Waals surface area contributed by atoms with Crippen LogP contribution in [0.2, 0.25) is 0 Å². The summed E-state index contributed by atoms with van der Waals surface area (Å²) in [6, 6.07) is 0. The number of esters is 1. The van der Waals surface area contributed by atoms with Crippen LogP contribution in [0.4, 0.5) is 0 Å². The Morgan fingerprint density at radius 3 is 2.64 bits per heavy atom. The van der Waals surface area contributed by atoms with Gasteiger partial charge in [0.2, 0.25) is 0 Å². The van der Waals surface area contributed by atoms with Crippen LogP contribution in [-0.2, 0) is 14.3 Å². The Morgan fingerprint density at radius 2 is 2.00 bits per heavy atom. The van der Waals surface area contributed by atoms with E-state index in [0.29, 0.717) is 19.6 Å². The number of unbranched alkanes of at least 4 members (excludes halogenated alkanes) is 2. The molecule has 0 aromatic rings. The second-order valence-corrected chi connectivity index (χ2v) is 3.01. The third kappa shape index (κ3) is 9.48. The van der Waals surface area contributed by atoms with Gasteiger partial charge in [0, 0.05) is 6.42 Å². The minimum absolute atomic E-state index is 0.00441. The minimum atomic E-state index is -0.161. The molecular formula is C10H20O4. The Bertz CT molecular complexity index is 136. The molecule has 14 heavy (non-hydrogen) atoms. The van der Waals surface area contributed by atoms with E-state index in [1.54, 1.807) is 0 Å². The van der Waals surface area contributed by atoms with Crippen molar-refractivity contribution in [1.29, 1.82) is 0 Å². The summed E-state index contributed by atoms with van der Waals surface area (Å²) in [6.07, 6.45) is 3.56. The van der Waals surface area contributed by atoms with Gasteiger partial charge >= 0.3 is 5.97 Å². The third-order valence-corrected chi connectivity index (χ3v) is 1.71. The van der Waals surface area contributed by atoms with Crippen molar-refractivity contribution in [2.45, 2.75) is 32.6 Å². The normalized spacial score (nSPS) is 10.1. The number of aliphatic hydroxyl groups is 1. The molecule has 0 aromatic carbocycles. The highest BCUT2D eigenvalue weighted by atomic mass is 16.6. The van der Waals surface area contributed by atoms with Crippen LogP contribution in [0.25, 0.3) is 0 Å². The molecule has 0 atom stereocenters. The van der Waals surface area contributed by atoms with Crippen LogP contribution in [-0.4, -0.2) is 37.5 Å². The lowest BCUT2D eigenvalue weighted by molar-refractivity contribution is -0.145. The van der Waals surface area contributed by atoms with E-state index in [1.165, 1.54) is 0 Å². The zero-order valence-corrected chi connectivity index (χ0v) is 8.83. The molecule has 0 aliphatic carbocycles. The first kappa shape index (κ1) is 13.4. The molecule has 0 saturated carbocycles. The van der Waals surface area contributed by atoms with Gasteiger partial charge in [-0.2, -0.15) is 0 Å². The second-order valence-electron chi connectivity index (χ2n) is 3.01. The van der Waals surface area contributed by atoms with E-state index in [9.17, 15) is 4.79 Å². The van der Waals surface area contributed by atoms with Crippen molar-refractivity contribution in [3.05, 3.63) is 0 Å². The van der Waals surface area contributed by atoms with Crippen molar-refractivity contribution in [1.82, 2.24) is 0 Å². The maximum Gasteiger partial charge on any atom is 0.305 e. The quantitative estimate of drug-likeness (QED) is 0.451. The number of aliphatic hydroxyl groups excluding tert-OH is 1. The zero-order valence-electron chi connectivity index (χ0n) is 8.83. The molecule has 0 rings (SSSR count). The van der Waals surface area contributed by atoms with Gasteiger partial charge in [-0.1, -0.05) is 19.8 Å². The Balaban J connectivity index is 3.10. The molecule has 4 nitrogen and oxygen atoms in total. The van der Waals surface area contributed by atoms with Crippen LogP contribution in [0, 0.1) is 0 Å². The maximum atomic E-state index is 11.0. The van der Waals surface area contributed by atoms with E-state index in [0.717, 1.165) is 19.3 Å². The predicted octanol–water partition coefficient (Wildman–Crippen LogP) is 1.12. The first-order valence-electron chi connectivity index (χ1n) is 5.15. The van der Waals surface area contributed by atoms with Crippen LogP contribution in [0.5, 0.6) is 0 Å². The van der Waals surface area contributed by atoms with Crippen molar-refractivity contribution in [2.75, 3.05) is 26.4 Å². The van der Waals surface area contributed by atoms with Gasteiger partial charge in [0.05, 0.1) is 19.8 Å². The van der Waals surface area contributed by atoms with Crippen LogP contribution >= 0.6 is 0 Å². The monoisotopic (exact) mass is 204 g/mol. The number of ether oxygens (including phenoxy) is 2. The number of hydrogen-bond donors (Lipinski definition) is 1. The first-order chi connectivity index (χ1) is 6.81. The van der Waals surface area contributed by atoms with Crippen LogP contribution in [0.3, 0.4) is 0 Å². The lowest BCUT2D eigenvalue weighted by Crippen LogP contribution is -2.11. The van der Waals surface area contributed by atoms with Crippen molar-refractivity contribution in [2.24, 2.45) is 0 Å². The van der Waals surface area contributed by atoms with E-state index in [-0.39, 0.29) is 19.2 Å². The van der Waals surface area contributed by atoms with E-state index in [2.05, 4.69) is 6.92 Å². The topological polar surface area (TPSA) is 55.8 Å². The van der Waals surface area contributed by atoms with Gasteiger partial charge in [-0.3, -0.25) is 4.79 Å². The Hall–Kier alpha value is -0.610. The minimum Gasteiger partial charge on any atom is -0.463 e. The first-order valence-corrected chi connectivity index (χ1v) is 5.15. The molecular weight excluding hydrogens is 184 g/mol. The molecule has 0 fully saturated rings. The molecule has 0 amide bonds. The van der Waals surface area contributed by atoms with Gasteiger partial charge in [0.15, 0.2) is 0 Å². The molecule has 84 valence electrons. The number of rotatable bonds is 9. The molecule has 0 heterocycles. The highest BCUT2D eigenvalue weighted by Gasteiger charge is 2.01. The lowest BCUT2D eigenvalue weighted by atomic mass is 10.2. The second kappa shape index (κ2) is 10.5. The van der Waals surface area contributed by atoms with Crippen LogP contribution in [0.15, 0.2) is 0 Å². The summed E-state index contributed by atoms with van der Waals surface area (Å²) in [5, 5.41) is 8.39. The van der Waals surface area contributed by atoms with Gasteiger partial charge in [0.25, 0.3) is 0 Å². The number of carbonyl (C=O) groups is 1. The summed E-state index contributed by atoms with van der Waals surface area (Å²) in [4.78, 5) is 11.0. The summed E-state index contributed by atoms with van der Waals surface area (Å²) >= 11 is 0. The van der Waals surface area contributed by atoms with Crippen LogP contribution in [0.1, 0.15) is 32.6 Å². The van der Waals surface area contributed by atoms with Crippen molar-refractivity contribution < 1.29 is 19.4 Å². The summed E-state index contributed by atoms with van der Waals surface area (Å²) in [7, 11) is 0. The molecule has 0 aliphatic rings. The predicted molar refractivity (Wildman–Crippen MR) is 53.0 cm³/mol. The Labute approximate surface area is 85.2 Å². The van der Waals surface area contributed by atoms with Gasteiger partial charge in [-0.05, 0) is 6.42 Å². The van der Waals surface area contributed by atoms with Crippen molar-refractivity contribution >= 4 is 5.97 Å². The molecule has 0 radical (unpaired) electrons. The summed E-state index contributed by atoms with van der Waals surface area (Å²) in [5.41, 5.74) is 0. The average molecular weight is 204 g/mol. The highest BCUT2D eigenvalue weighted by molar-refractivity contribution is 5.69. The Morgan fingerprint density at radius 1 is 1.21 bits per heavy atom. The fraction of sp³-hybridized carbons (Fsp3) is 0.900. The van der Waals surface area contributed by atoms with Gasteiger partial charge in [-0.25, -0.2) is 0 Å². The van der Waals surface area contributed by atoms with Gasteiger partial charge < -0.3 is 14.6 Å². The summed E-state index contributed by atoms with van der Waals surface area (Å²) < 4.78 is 9.82. The summed E-state index contributed by atoms with van der Waals surface area (Å²) in [6.45, 7) is 3.04. The maximum absolute atomic E-state index is 11.0. The van der Waals surface area contributed by atoms with Crippen LogP contribution < -0.4 is 0 Å². The fourth-order valence-corrected chi connectivity index (χ4v) is 0.973. The number of carbonyl (C=O) groups excluding carboxylic acids is 1. The fourth-order valence-electron chi connectivity index (χ4n) is 0.973. The largest absolute Gasteiger partial charge is 0.463 e. The molecule has 1 N–H and O–H groups in total. The van der Waals surface area contributed by atoms with E-state index in [1.807, 2.05) is 0 Å². The lowest BCUT2D eigenvalue weighted by Gasteiger charge is -2.04.